The molecule has 0 unspecified atom stereocenters. The van der Waals surface area contributed by atoms with Gasteiger partial charge in [-0.2, -0.15) is 0 Å². The second kappa shape index (κ2) is 8.76. The first-order chi connectivity index (χ1) is 13.6. The van der Waals surface area contributed by atoms with Crippen molar-refractivity contribution < 1.29 is 23.4 Å². The van der Waals surface area contributed by atoms with E-state index in [1.54, 1.807) is 24.5 Å². The molecule has 28 heavy (non-hydrogen) atoms. The number of carbonyl (C=O) groups excluding carboxylic acids is 1. The zero-order valence-electron chi connectivity index (χ0n) is 15.7. The molecule has 2 heterocycles. The smallest absolute Gasteiger partial charge is 0.275 e. The van der Waals surface area contributed by atoms with Crippen LogP contribution < -0.4 is 24.8 Å². The van der Waals surface area contributed by atoms with Gasteiger partial charge in [0.1, 0.15) is 17.3 Å². The second-order valence-electron chi connectivity index (χ2n) is 5.59. The SMILES string of the molecule is COc1cc(NC(=O)c2cnc(NCc3ccco3)cn2)cc(OC)c1OC. The van der Waals surface area contributed by atoms with Crippen LogP contribution in [-0.4, -0.2) is 37.2 Å². The molecule has 3 aromatic rings. The Morgan fingerprint density at radius 1 is 1.07 bits per heavy atom. The molecule has 9 nitrogen and oxygen atoms in total. The molecule has 0 aliphatic rings. The van der Waals surface area contributed by atoms with Crippen LogP contribution in [0.3, 0.4) is 0 Å². The van der Waals surface area contributed by atoms with E-state index in [-0.39, 0.29) is 5.69 Å². The number of methoxy groups -OCH3 is 3. The molecule has 0 bridgehead atoms. The van der Waals surface area contributed by atoms with Crippen LogP contribution in [0.5, 0.6) is 17.2 Å². The number of furan rings is 1. The fourth-order valence-corrected chi connectivity index (χ4v) is 2.48. The Hall–Kier alpha value is -3.75. The number of anilines is 2. The monoisotopic (exact) mass is 384 g/mol. The quantitative estimate of drug-likeness (QED) is 0.610. The van der Waals surface area contributed by atoms with Gasteiger partial charge in [-0.05, 0) is 12.1 Å². The van der Waals surface area contributed by atoms with Crippen molar-refractivity contribution in [3.05, 3.63) is 54.4 Å². The molecule has 0 saturated heterocycles. The molecule has 3 rings (SSSR count). The van der Waals surface area contributed by atoms with Gasteiger partial charge in [0.05, 0.1) is 46.5 Å². The van der Waals surface area contributed by atoms with Gasteiger partial charge in [0.25, 0.3) is 5.91 Å². The van der Waals surface area contributed by atoms with E-state index in [9.17, 15) is 4.79 Å². The molecule has 1 aromatic carbocycles. The summed E-state index contributed by atoms with van der Waals surface area (Å²) in [5.41, 5.74) is 0.638. The third-order valence-electron chi connectivity index (χ3n) is 3.83. The highest BCUT2D eigenvalue weighted by Gasteiger charge is 2.16. The fraction of sp³-hybridized carbons (Fsp3) is 0.211. The lowest BCUT2D eigenvalue weighted by atomic mass is 10.2. The number of hydrogen-bond acceptors (Lipinski definition) is 8. The normalized spacial score (nSPS) is 10.2. The number of carbonyl (C=O) groups is 1. The highest BCUT2D eigenvalue weighted by atomic mass is 16.5. The van der Waals surface area contributed by atoms with Crippen LogP contribution in [0.4, 0.5) is 11.5 Å². The zero-order chi connectivity index (χ0) is 19.9. The molecule has 0 aliphatic carbocycles. The third kappa shape index (κ3) is 4.32. The van der Waals surface area contributed by atoms with Crippen molar-refractivity contribution in [2.45, 2.75) is 6.54 Å². The van der Waals surface area contributed by atoms with Gasteiger partial charge in [-0.1, -0.05) is 0 Å². The van der Waals surface area contributed by atoms with E-state index in [0.717, 1.165) is 5.76 Å². The first-order valence-electron chi connectivity index (χ1n) is 8.34. The molecule has 0 fully saturated rings. The topological polar surface area (TPSA) is 108 Å². The molecular formula is C19H20N4O5. The predicted octanol–water partition coefficient (Wildman–Crippen LogP) is 2.96. The molecule has 1 amide bonds. The van der Waals surface area contributed by atoms with E-state index >= 15 is 0 Å². The summed E-state index contributed by atoms with van der Waals surface area (Å²) in [4.78, 5) is 20.8. The highest BCUT2D eigenvalue weighted by Crippen LogP contribution is 2.39. The average Bonchev–Trinajstić information content (AvgIpc) is 3.25. The van der Waals surface area contributed by atoms with E-state index in [1.807, 2.05) is 6.07 Å². The number of amides is 1. The maximum Gasteiger partial charge on any atom is 0.275 e. The predicted molar refractivity (Wildman–Crippen MR) is 102 cm³/mol. The second-order valence-corrected chi connectivity index (χ2v) is 5.59. The average molecular weight is 384 g/mol. The van der Waals surface area contributed by atoms with Crippen LogP contribution in [0.1, 0.15) is 16.2 Å². The van der Waals surface area contributed by atoms with Crippen molar-refractivity contribution in [3.63, 3.8) is 0 Å². The van der Waals surface area contributed by atoms with E-state index < -0.39 is 5.91 Å². The maximum absolute atomic E-state index is 12.5. The highest BCUT2D eigenvalue weighted by molar-refractivity contribution is 6.03. The van der Waals surface area contributed by atoms with Crippen LogP contribution in [0, 0.1) is 0 Å². The Morgan fingerprint density at radius 2 is 1.82 bits per heavy atom. The minimum Gasteiger partial charge on any atom is -0.493 e. The fourth-order valence-electron chi connectivity index (χ4n) is 2.48. The number of nitrogens with one attached hydrogen (secondary N) is 2. The maximum atomic E-state index is 12.5. The van der Waals surface area contributed by atoms with Crippen LogP contribution in [0.25, 0.3) is 0 Å². The molecule has 2 N–H and O–H groups in total. The molecule has 0 saturated carbocycles. The summed E-state index contributed by atoms with van der Waals surface area (Å²) in [6, 6.07) is 6.91. The number of nitrogens with zero attached hydrogens (tertiary/aromatic N) is 2. The summed E-state index contributed by atoms with van der Waals surface area (Å²) >= 11 is 0. The van der Waals surface area contributed by atoms with Gasteiger partial charge in [0, 0.05) is 17.8 Å². The molecule has 0 radical (unpaired) electrons. The first-order valence-corrected chi connectivity index (χ1v) is 8.34. The number of ether oxygens (including phenoxy) is 3. The Balaban J connectivity index is 1.69. The molecule has 146 valence electrons. The van der Waals surface area contributed by atoms with Gasteiger partial charge in [-0.15, -0.1) is 0 Å². The number of aromatic nitrogens is 2. The van der Waals surface area contributed by atoms with Gasteiger partial charge in [0.15, 0.2) is 11.5 Å². The van der Waals surface area contributed by atoms with Gasteiger partial charge in [0.2, 0.25) is 5.75 Å². The van der Waals surface area contributed by atoms with Crippen LogP contribution in [0.15, 0.2) is 47.3 Å². The van der Waals surface area contributed by atoms with Gasteiger partial charge in [-0.25, -0.2) is 9.97 Å². The largest absolute Gasteiger partial charge is 0.493 e. The van der Waals surface area contributed by atoms with Crippen molar-refractivity contribution in [1.82, 2.24) is 9.97 Å². The molecule has 0 aliphatic heterocycles. The first kappa shape index (κ1) is 19.0. The minimum absolute atomic E-state index is 0.164. The molecule has 0 atom stereocenters. The zero-order valence-corrected chi connectivity index (χ0v) is 15.7. The van der Waals surface area contributed by atoms with Crippen molar-refractivity contribution in [1.29, 1.82) is 0 Å². The summed E-state index contributed by atoms with van der Waals surface area (Å²) in [7, 11) is 4.52. The van der Waals surface area contributed by atoms with Crippen molar-refractivity contribution in [3.8, 4) is 17.2 Å². The number of hydrogen-bond donors (Lipinski definition) is 2. The van der Waals surface area contributed by atoms with E-state index in [0.29, 0.717) is 35.3 Å². The third-order valence-corrected chi connectivity index (χ3v) is 3.83. The lowest BCUT2D eigenvalue weighted by molar-refractivity contribution is 0.102. The summed E-state index contributed by atoms with van der Waals surface area (Å²) in [5, 5.41) is 5.80. The number of rotatable bonds is 8. The van der Waals surface area contributed by atoms with Gasteiger partial charge in [-0.3, -0.25) is 4.79 Å². The molecule has 9 heteroatoms. The lowest BCUT2D eigenvalue weighted by Crippen LogP contribution is -2.15. The number of benzene rings is 1. The van der Waals surface area contributed by atoms with Crippen LogP contribution >= 0.6 is 0 Å². The Bertz CT molecular complexity index is 901. The van der Waals surface area contributed by atoms with Crippen molar-refractivity contribution in [2.75, 3.05) is 32.0 Å². The minimum atomic E-state index is -0.417. The Labute approximate surface area is 161 Å². The van der Waals surface area contributed by atoms with E-state index in [1.165, 1.54) is 33.7 Å². The molecule has 0 spiro atoms. The summed E-state index contributed by atoms with van der Waals surface area (Å²) in [6.45, 7) is 0.471. The summed E-state index contributed by atoms with van der Waals surface area (Å²) in [6.07, 6.45) is 4.46. The van der Waals surface area contributed by atoms with Crippen LogP contribution in [0.2, 0.25) is 0 Å². The van der Waals surface area contributed by atoms with E-state index in [4.69, 9.17) is 18.6 Å². The standard InChI is InChI=1S/C19H20N4O5/c1-25-15-7-12(8-16(26-2)18(15)27-3)23-19(24)14-10-22-17(11-20-14)21-9-13-5-4-6-28-13/h4-8,10-11H,9H2,1-3H3,(H,21,22)(H,23,24). The van der Waals surface area contributed by atoms with E-state index in [2.05, 4.69) is 20.6 Å². The lowest BCUT2D eigenvalue weighted by Gasteiger charge is -2.14. The van der Waals surface area contributed by atoms with Gasteiger partial charge >= 0.3 is 0 Å². The molecular weight excluding hydrogens is 364 g/mol. The van der Waals surface area contributed by atoms with Crippen molar-refractivity contribution in [2.24, 2.45) is 0 Å². The Kier molecular flexibility index (Phi) is 5.95. The van der Waals surface area contributed by atoms with Crippen molar-refractivity contribution >= 4 is 17.4 Å². The van der Waals surface area contributed by atoms with Gasteiger partial charge < -0.3 is 29.3 Å². The summed E-state index contributed by atoms with van der Waals surface area (Å²) < 4.78 is 21.1. The Morgan fingerprint density at radius 3 is 2.36 bits per heavy atom. The molecule has 2 aromatic heterocycles. The van der Waals surface area contributed by atoms with Crippen LogP contribution in [-0.2, 0) is 6.54 Å². The summed E-state index contributed by atoms with van der Waals surface area (Å²) in [5.74, 6) is 2.18.